The summed E-state index contributed by atoms with van der Waals surface area (Å²) >= 11 is 5.87. The van der Waals surface area contributed by atoms with Gasteiger partial charge in [-0.2, -0.15) is 0 Å². The highest BCUT2D eigenvalue weighted by Gasteiger charge is 2.03. The standard InChI is InChI=1S/C18H14ClNO/c19-15-8-11-18(17(20)12-15)21-16-9-6-14(7-10-16)13-4-2-1-3-5-13/h1-12H,20H2. The van der Waals surface area contributed by atoms with E-state index in [1.807, 2.05) is 42.5 Å². The molecule has 2 N–H and O–H groups in total. The lowest BCUT2D eigenvalue weighted by Crippen LogP contribution is -1.91. The minimum atomic E-state index is 0.523. The third kappa shape index (κ3) is 3.18. The molecule has 3 aromatic carbocycles. The summed E-state index contributed by atoms with van der Waals surface area (Å²) in [4.78, 5) is 0. The lowest BCUT2D eigenvalue weighted by atomic mass is 10.1. The second-order valence-electron chi connectivity index (χ2n) is 4.67. The molecular formula is C18H14ClNO. The Kier molecular flexibility index (Phi) is 3.80. The van der Waals surface area contributed by atoms with Gasteiger partial charge in [0.2, 0.25) is 0 Å². The molecule has 0 fully saturated rings. The van der Waals surface area contributed by atoms with Gasteiger partial charge in [0.05, 0.1) is 5.69 Å². The molecule has 0 aromatic heterocycles. The first-order chi connectivity index (χ1) is 10.2. The molecule has 0 atom stereocenters. The Morgan fingerprint density at radius 1 is 0.762 bits per heavy atom. The highest BCUT2D eigenvalue weighted by molar-refractivity contribution is 6.30. The van der Waals surface area contributed by atoms with Crippen LogP contribution in [0.15, 0.2) is 72.8 Å². The van der Waals surface area contributed by atoms with Crippen LogP contribution in [0.2, 0.25) is 5.02 Å². The molecule has 0 unspecified atom stereocenters. The van der Waals surface area contributed by atoms with Crippen LogP contribution in [0.3, 0.4) is 0 Å². The third-order valence-electron chi connectivity index (χ3n) is 3.16. The molecule has 0 aliphatic carbocycles. The van der Waals surface area contributed by atoms with E-state index in [0.29, 0.717) is 16.5 Å². The Bertz CT molecular complexity index is 739. The van der Waals surface area contributed by atoms with Gasteiger partial charge in [-0.1, -0.05) is 54.1 Å². The van der Waals surface area contributed by atoms with Crippen molar-refractivity contribution in [3.05, 3.63) is 77.8 Å². The van der Waals surface area contributed by atoms with Crippen molar-refractivity contribution in [2.45, 2.75) is 0 Å². The second-order valence-corrected chi connectivity index (χ2v) is 5.11. The monoisotopic (exact) mass is 295 g/mol. The van der Waals surface area contributed by atoms with Gasteiger partial charge in [0.1, 0.15) is 11.5 Å². The smallest absolute Gasteiger partial charge is 0.150 e. The number of nitrogens with two attached hydrogens (primary N) is 1. The van der Waals surface area contributed by atoms with Crippen LogP contribution in [0.25, 0.3) is 11.1 Å². The maximum atomic E-state index is 5.88. The molecule has 2 nitrogen and oxygen atoms in total. The molecule has 3 heteroatoms. The maximum absolute atomic E-state index is 5.88. The maximum Gasteiger partial charge on any atom is 0.150 e. The number of hydrogen-bond donors (Lipinski definition) is 1. The topological polar surface area (TPSA) is 35.2 Å². The van der Waals surface area contributed by atoms with Gasteiger partial charge in [-0.15, -0.1) is 0 Å². The van der Waals surface area contributed by atoms with Crippen LogP contribution in [-0.2, 0) is 0 Å². The Morgan fingerprint density at radius 3 is 2.10 bits per heavy atom. The summed E-state index contributed by atoms with van der Waals surface area (Å²) in [6.45, 7) is 0. The van der Waals surface area contributed by atoms with Crippen molar-refractivity contribution in [1.82, 2.24) is 0 Å². The largest absolute Gasteiger partial charge is 0.455 e. The van der Waals surface area contributed by atoms with Crippen LogP contribution < -0.4 is 10.5 Å². The van der Waals surface area contributed by atoms with E-state index in [9.17, 15) is 0 Å². The summed E-state index contributed by atoms with van der Waals surface area (Å²) in [7, 11) is 0. The molecule has 0 radical (unpaired) electrons. The van der Waals surface area contributed by atoms with Gasteiger partial charge in [-0.3, -0.25) is 0 Å². The van der Waals surface area contributed by atoms with E-state index in [1.54, 1.807) is 18.2 Å². The number of anilines is 1. The molecule has 3 aromatic rings. The summed E-state index contributed by atoms with van der Waals surface area (Å²) in [5, 5.41) is 0.597. The van der Waals surface area contributed by atoms with Crippen molar-refractivity contribution in [1.29, 1.82) is 0 Å². The first-order valence-electron chi connectivity index (χ1n) is 6.61. The van der Waals surface area contributed by atoms with Crippen molar-refractivity contribution in [2.75, 3.05) is 5.73 Å². The van der Waals surface area contributed by atoms with Gasteiger partial charge in [0, 0.05) is 5.02 Å². The number of ether oxygens (including phenoxy) is 1. The van der Waals surface area contributed by atoms with Crippen LogP contribution >= 0.6 is 11.6 Å². The molecule has 0 saturated heterocycles. The highest BCUT2D eigenvalue weighted by atomic mass is 35.5. The van der Waals surface area contributed by atoms with Gasteiger partial charge < -0.3 is 10.5 Å². The lowest BCUT2D eigenvalue weighted by molar-refractivity contribution is 0.485. The zero-order valence-electron chi connectivity index (χ0n) is 11.3. The van der Waals surface area contributed by atoms with E-state index in [-0.39, 0.29) is 0 Å². The van der Waals surface area contributed by atoms with Gasteiger partial charge >= 0.3 is 0 Å². The van der Waals surface area contributed by atoms with E-state index in [0.717, 1.165) is 11.3 Å². The minimum Gasteiger partial charge on any atom is -0.455 e. The molecule has 21 heavy (non-hydrogen) atoms. The van der Waals surface area contributed by atoms with Crippen LogP contribution in [0, 0.1) is 0 Å². The highest BCUT2D eigenvalue weighted by Crippen LogP contribution is 2.30. The zero-order valence-corrected chi connectivity index (χ0v) is 12.0. The molecule has 0 saturated carbocycles. The fraction of sp³-hybridized carbons (Fsp3) is 0. The first-order valence-corrected chi connectivity index (χ1v) is 6.98. The molecule has 0 spiro atoms. The SMILES string of the molecule is Nc1cc(Cl)ccc1Oc1ccc(-c2ccccc2)cc1. The predicted octanol–water partition coefficient (Wildman–Crippen LogP) is 5.38. The van der Waals surface area contributed by atoms with Gasteiger partial charge in [-0.05, 0) is 41.5 Å². The van der Waals surface area contributed by atoms with Crippen LogP contribution in [0.4, 0.5) is 5.69 Å². The number of rotatable bonds is 3. The second kappa shape index (κ2) is 5.90. The Morgan fingerprint density at radius 2 is 1.43 bits per heavy atom. The normalized spacial score (nSPS) is 10.3. The van der Waals surface area contributed by atoms with Crippen molar-refractivity contribution < 1.29 is 4.74 Å². The summed E-state index contributed by atoms with van der Waals surface area (Å²) in [6.07, 6.45) is 0. The van der Waals surface area contributed by atoms with Crippen LogP contribution in [0.5, 0.6) is 11.5 Å². The fourth-order valence-corrected chi connectivity index (χ4v) is 2.27. The molecule has 0 aliphatic heterocycles. The van der Waals surface area contributed by atoms with Gasteiger partial charge in [0.25, 0.3) is 0 Å². The molecule has 0 amide bonds. The summed E-state index contributed by atoms with van der Waals surface area (Å²) in [5.74, 6) is 1.34. The molecule has 3 rings (SSSR count). The van der Waals surface area contributed by atoms with E-state index in [4.69, 9.17) is 22.1 Å². The van der Waals surface area contributed by atoms with E-state index in [2.05, 4.69) is 12.1 Å². The van der Waals surface area contributed by atoms with Crippen molar-refractivity contribution >= 4 is 17.3 Å². The number of halogens is 1. The van der Waals surface area contributed by atoms with E-state index < -0.39 is 0 Å². The lowest BCUT2D eigenvalue weighted by Gasteiger charge is -2.09. The Labute approximate surface area is 128 Å². The quantitative estimate of drug-likeness (QED) is 0.658. The molecule has 0 heterocycles. The predicted molar refractivity (Wildman–Crippen MR) is 87.8 cm³/mol. The zero-order chi connectivity index (χ0) is 14.7. The number of nitrogen functional groups attached to an aromatic ring is 1. The average molecular weight is 296 g/mol. The van der Waals surface area contributed by atoms with Crippen molar-refractivity contribution in [3.8, 4) is 22.6 Å². The molecule has 0 aliphatic rings. The fourth-order valence-electron chi connectivity index (χ4n) is 2.09. The van der Waals surface area contributed by atoms with E-state index >= 15 is 0 Å². The van der Waals surface area contributed by atoms with Crippen molar-refractivity contribution in [2.24, 2.45) is 0 Å². The third-order valence-corrected chi connectivity index (χ3v) is 3.40. The molecule has 104 valence electrons. The van der Waals surface area contributed by atoms with Crippen molar-refractivity contribution in [3.63, 3.8) is 0 Å². The molecular weight excluding hydrogens is 282 g/mol. The number of benzene rings is 3. The number of hydrogen-bond acceptors (Lipinski definition) is 2. The van der Waals surface area contributed by atoms with E-state index in [1.165, 1.54) is 5.56 Å². The Balaban J connectivity index is 1.81. The summed E-state index contributed by atoms with van der Waals surface area (Å²) < 4.78 is 5.77. The molecule has 0 bridgehead atoms. The first kappa shape index (κ1) is 13.5. The van der Waals surface area contributed by atoms with Crippen LogP contribution in [-0.4, -0.2) is 0 Å². The van der Waals surface area contributed by atoms with Gasteiger partial charge in [-0.25, -0.2) is 0 Å². The minimum absolute atomic E-state index is 0.523. The van der Waals surface area contributed by atoms with Gasteiger partial charge in [0.15, 0.2) is 0 Å². The summed E-state index contributed by atoms with van der Waals surface area (Å²) in [6, 6.07) is 23.3. The average Bonchev–Trinajstić information content (AvgIpc) is 2.52. The van der Waals surface area contributed by atoms with Crippen LogP contribution in [0.1, 0.15) is 0 Å². The summed E-state index contributed by atoms with van der Waals surface area (Å²) in [5.41, 5.74) is 8.72. The Hall–Kier alpha value is -2.45.